The number of hydrogen-bond donors (Lipinski definition) is 0. The van der Waals surface area contributed by atoms with E-state index in [9.17, 15) is 10.1 Å². The molecule has 6 heteroatoms. The molecule has 0 amide bonds. The summed E-state index contributed by atoms with van der Waals surface area (Å²) in [5, 5.41) is 10.6. The van der Waals surface area contributed by atoms with Crippen LogP contribution in [0.2, 0.25) is 0 Å². The Balaban J connectivity index is 2.01. The Morgan fingerprint density at radius 3 is 2.35 bits per heavy atom. The van der Waals surface area contributed by atoms with Crippen LogP contribution in [-0.4, -0.2) is 29.5 Å². The van der Waals surface area contributed by atoms with Gasteiger partial charge in [-0.05, 0) is 32.9 Å². The average Bonchev–Trinajstić information content (AvgIpc) is 2.74. The van der Waals surface area contributed by atoms with Gasteiger partial charge >= 0.3 is 0 Å². The third kappa shape index (κ3) is 3.68. The van der Waals surface area contributed by atoms with E-state index in [0.717, 1.165) is 0 Å². The minimum atomic E-state index is -0.635. The zero-order valence-corrected chi connectivity index (χ0v) is 11.9. The molecule has 1 saturated heterocycles. The molecule has 2 rings (SSSR count). The maximum absolute atomic E-state index is 10.6. The van der Waals surface area contributed by atoms with Crippen molar-refractivity contribution in [3.63, 3.8) is 0 Å². The van der Waals surface area contributed by atoms with Crippen LogP contribution in [-0.2, 0) is 9.47 Å². The van der Waals surface area contributed by atoms with Crippen LogP contribution in [0.4, 0.5) is 5.69 Å². The van der Waals surface area contributed by atoms with Gasteiger partial charge in [-0.2, -0.15) is 0 Å². The van der Waals surface area contributed by atoms with E-state index in [-0.39, 0.29) is 5.69 Å². The number of non-ortho nitro benzene ring substituents is 1. The fourth-order valence-electron chi connectivity index (χ4n) is 2.42. The molecule has 0 saturated carbocycles. The molecule has 0 aromatic heterocycles. The summed E-state index contributed by atoms with van der Waals surface area (Å²) in [4.78, 5) is 10.2. The van der Waals surface area contributed by atoms with E-state index in [1.54, 1.807) is 12.1 Å². The highest BCUT2D eigenvalue weighted by molar-refractivity contribution is 5.36. The van der Waals surface area contributed by atoms with Gasteiger partial charge in [0, 0.05) is 18.6 Å². The van der Waals surface area contributed by atoms with Crippen LogP contribution in [0, 0.1) is 10.1 Å². The summed E-state index contributed by atoms with van der Waals surface area (Å²) in [5.41, 5.74) is -0.459. The number of hydrogen-bond acceptors (Lipinski definition) is 5. The van der Waals surface area contributed by atoms with E-state index in [1.165, 1.54) is 12.1 Å². The molecule has 6 nitrogen and oxygen atoms in total. The Bertz CT molecular complexity index is 477. The minimum absolute atomic E-state index is 0.0459. The summed E-state index contributed by atoms with van der Waals surface area (Å²) >= 11 is 0. The maximum atomic E-state index is 10.6. The SMILES string of the molecule is CC(C)(CC1(C)OCCO1)Oc1ccc([N+](=O)[O-])cc1. The van der Waals surface area contributed by atoms with Gasteiger partial charge in [0.05, 0.1) is 18.1 Å². The molecule has 0 bridgehead atoms. The van der Waals surface area contributed by atoms with E-state index in [1.807, 2.05) is 20.8 Å². The van der Waals surface area contributed by atoms with Crippen molar-refractivity contribution in [2.75, 3.05) is 13.2 Å². The van der Waals surface area contributed by atoms with Gasteiger partial charge in [0.25, 0.3) is 5.69 Å². The fraction of sp³-hybridized carbons (Fsp3) is 0.571. The van der Waals surface area contributed by atoms with Crippen molar-refractivity contribution >= 4 is 5.69 Å². The molecule has 1 aliphatic heterocycles. The minimum Gasteiger partial charge on any atom is -0.488 e. The molecule has 0 N–H and O–H groups in total. The van der Waals surface area contributed by atoms with Crippen LogP contribution in [0.5, 0.6) is 5.75 Å². The van der Waals surface area contributed by atoms with Crippen molar-refractivity contribution in [2.24, 2.45) is 0 Å². The normalized spacial score (nSPS) is 17.9. The summed E-state index contributed by atoms with van der Waals surface area (Å²) in [7, 11) is 0. The summed E-state index contributed by atoms with van der Waals surface area (Å²) in [5.74, 6) is -0.0493. The molecule has 1 fully saturated rings. The van der Waals surface area contributed by atoms with Crippen LogP contribution < -0.4 is 4.74 Å². The molecular weight excluding hydrogens is 262 g/mol. The first-order valence-corrected chi connectivity index (χ1v) is 6.51. The third-order valence-corrected chi connectivity index (χ3v) is 3.09. The Morgan fingerprint density at radius 1 is 1.30 bits per heavy atom. The molecule has 1 aliphatic rings. The lowest BCUT2D eigenvalue weighted by Gasteiger charge is -2.33. The van der Waals surface area contributed by atoms with Crippen LogP contribution in [0.1, 0.15) is 27.2 Å². The number of nitrogens with zero attached hydrogens (tertiary/aromatic N) is 1. The second kappa shape index (κ2) is 5.38. The molecular formula is C14H19NO5. The number of nitro benzene ring substituents is 1. The van der Waals surface area contributed by atoms with Crippen molar-refractivity contribution < 1.29 is 19.1 Å². The van der Waals surface area contributed by atoms with Crippen LogP contribution >= 0.6 is 0 Å². The Labute approximate surface area is 117 Å². The molecule has 0 unspecified atom stereocenters. The Morgan fingerprint density at radius 2 is 1.85 bits per heavy atom. The highest BCUT2D eigenvalue weighted by atomic mass is 16.7. The maximum Gasteiger partial charge on any atom is 0.269 e. The molecule has 1 aromatic rings. The van der Waals surface area contributed by atoms with E-state index in [4.69, 9.17) is 14.2 Å². The summed E-state index contributed by atoms with van der Waals surface area (Å²) in [6.45, 7) is 6.94. The summed E-state index contributed by atoms with van der Waals surface area (Å²) in [6, 6.07) is 6.04. The quantitative estimate of drug-likeness (QED) is 0.613. The second-order valence-electron chi connectivity index (χ2n) is 5.62. The highest BCUT2D eigenvalue weighted by Gasteiger charge is 2.38. The van der Waals surface area contributed by atoms with Crippen molar-refractivity contribution in [3.8, 4) is 5.75 Å². The number of nitro groups is 1. The molecule has 1 aromatic carbocycles. The molecule has 0 aliphatic carbocycles. The second-order valence-corrected chi connectivity index (χ2v) is 5.62. The van der Waals surface area contributed by atoms with Gasteiger partial charge in [0.15, 0.2) is 5.79 Å². The Kier molecular flexibility index (Phi) is 3.96. The van der Waals surface area contributed by atoms with Gasteiger partial charge in [-0.15, -0.1) is 0 Å². The van der Waals surface area contributed by atoms with Gasteiger partial charge in [0.1, 0.15) is 11.4 Å². The lowest BCUT2D eigenvalue weighted by atomic mass is 9.98. The van der Waals surface area contributed by atoms with Gasteiger partial charge < -0.3 is 14.2 Å². The van der Waals surface area contributed by atoms with Gasteiger partial charge in [-0.25, -0.2) is 0 Å². The lowest BCUT2D eigenvalue weighted by Crippen LogP contribution is -2.40. The van der Waals surface area contributed by atoms with Crippen molar-refractivity contribution in [1.82, 2.24) is 0 Å². The smallest absolute Gasteiger partial charge is 0.269 e. The molecule has 0 radical (unpaired) electrons. The van der Waals surface area contributed by atoms with Crippen LogP contribution in [0.15, 0.2) is 24.3 Å². The monoisotopic (exact) mass is 281 g/mol. The number of ether oxygens (including phenoxy) is 3. The topological polar surface area (TPSA) is 70.8 Å². The standard InChI is InChI=1S/C14H19NO5/c1-13(2,10-14(3)18-8-9-19-14)20-12-6-4-11(5-7-12)15(16)17/h4-7H,8-10H2,1-3H3. The highest BCUT2D eigenvalue weighted by Crippen LogP contribution is 2.32. The van der Waals surface area contributed by atoms with Gasteiger partial charge in [-0.3, -0.25) is 10.1 Å². The first kappa shape index (κ1) is 14.7. The largest absolute Gasteiger partial charge is 0.488 e. The first-order valence-electron chi connectivity index (χ1n) is 6.51. The number of rotatable bonds is 5. The van der Waals surface area contributed by atoms with Gasteiger partial charge in [0.2, 0.25) is 0 Å². The third-order valence-electron chi connectivity index (χ3n) is 3.09. The van der Waals surface area contributed by atoms with E-state index in [0.29, 0.717) is 25.4 Å². The van der Waals surface area contributed by atoms with Gasteiger partial charge in [-0.1, -0.05) is 0 Å². The van der Waals surface area contributed by atoms with Crippen LogP contribution in [0.25, 0.3) is 0 Å². The van der Waals surface area contributed by atoms with Crippen molar-refractivity contribution in [1.29, 1.82) is 0 Å². The predicted octanol–water partition coefficient (Wildman–Crippen LogP) is 2.91. The Hall–Kier alpha value is -1.66. The van der Waals surface area contributed by atoms with E-state index in [2.05, 4.69) is 0 Å². The van der Waals surface area contributed by atoms with E-state index < -0.39 is 16.3 Å². The van der Waals surface area contributed by atoms with Crippen molar-refractivity contribution in [3.05, 3.63) is 34.4 Å². The number of benzene rings is 1. The molecule has 0 spiro atoms. The zero-order valence-electron chi connectivity index (χ0n) is 11.9. The molecule has 1 heterocycles. The predicted molar refractivity (Wildman–Crippen MR) is 72.7 cm³/mol. The molecule has 0 atom stereocenters. The molecule has 110 valence electrons. The zero-order chi connectivity index (χ0) is 14.8. The first-order chi connectivity index (χ1) is 9.30. The van der Waals surface area contributed by atoms with E-state index >= 15 is 0 Å². The lowest BCUT2D eigenvalue weighted by molar-refractivity contribution is -0.384. The summed E-state index contributed by atoms with van der Waals surface area (Å²) < 4.78 is 17.0. The fourth-order valence-corrected chi connectivity index (χ4v) is 2.42. The van der Waals surface area contributed by atoms with Crippen molar-refractivity contribution in [2.45, 2.75) is 38.6 Å². The summed E-state index contributed by atoms with van der Waals surface area (Å²) in [6.07, 6.45) is 0.566. The van der Waals surface area contributed by atoms with Crippen LogP contribution in [0.3, 0.4) is 0 Å². The molecule has 20 heavy (non-hydrogen) atoms. The average molecular weight is 281 g/mol.